The van der Waals surface area contributed by atoms with E-state index >= 15 is 0 Å². The Bertz CT molecular complexity index is 1270. The van der Waals surface area contributed by atoms with Crippen LogP contribution in [-0.4, -0.2) is 32.5 Å². The Hall–Kier alpha value is -3.43. The second-order valence-electron chi connectivity index (χ2n) is 8.18. The van der Waals surface area contributed by atoms with Crippen molar-refractivity contribution in [3.05, 3.63) is 83.2 Å². The highest BCUT2D eigenvalue weighted by atomic mass is 32.2. The third-order valence-corrected chi connectivity index (χ3v) is 7.01. The highest BCUT2D eigenvalue weighted by Gasteiger charge is 2.28. The lowest BCUT2D eigenvalue weighted by Crippen LogP contribution is -2.27. The molecule has 2 N–H and O–H groups in total. The summed E-state index contributed by atoms with van der Waals surface area (Å²) in [4.78, 5) is 16.9. The van der Waals surface area contributed by atoms with Crippen LogP contribution in [0.1, 0.15) is 39.9 Å². The van der Waals surface area contributed by atoms with Crippen molar-refractivity contribution in [2.45, 2.75) is 43.9 Å². The van der Waals surface area contributed by atoms with Crippen molar-refractivity contribution >= 4 is 15.9 Å². The number of sulfonamides is 1. The topological polar surface area (TPSA) is 107 Å². The number of hydrogen-bond donors (Lipinski definition) is 2. The summed E-state index contributed by atoms with van der Waals surface area (Å²) in [6, 6.07) is 13.8. The molecule has 1 fully saturated rings. The van der Waals surface area contributed by atoms with Crippen LogP contribution in [-0.2, 0) is 23.2 Å². The summed E-state index contributed by atoms with van der Waals surface area (Å²) in [6.07, 6.45) is 5.10. The Labute approximate surface area is 199 Å². The van der Waals surface area contributed by atoms with E-state index in [0.717, 1.165) is 24.0 Å². The summed E-state index contributed by atoms with van der Waals surface area (Å²) in [5.41, 5.74) is 2.82. The molecule has 178 valence electrons. The first-order valence-electron chi connectivity index (χ1n) is 11.0. The standard InChI is InChI=1S/C25H27N3O5S/c1-17-3-7-21(34(30,31)28-20-5-6-20)14-22(17)25(29)27-15-19-4-8-23(24(13-19)32-2)33-16-18-9-11-26-12-10-18/h3-4,7-14,20,28H,5-6,15-16H2,1-2H3,(H,27,29). The summed E-state index contributed by atoms with van der Waals surface area (Å²) in [5.74, 6) is 0.792. The molecule has 1 aromatic heterocycles. The molecule has 9 heteroatoms. The van der Waals surface area contributed by atoms with Crippen LogP contribution in [0.3, 0.4) is 0 Å². The predicted molar refractivity (Wildman–Crippen MR) is 127 cm³/mol. The molecule has 1 saturated carbocycles. The minimum atomic E-state index is -3.64. The van der Waals surface area contributed by atoms with Crippen molar-refractivity contribution in [2.75, 3.05) is 7.11 Å². The maximum absolute atomic E-state index is 12.8. The van der Waals surface area contributed by atoms with Crippen molar-refractivity contribution < 1.29 is 22.7 Å². The average molecular weight is 482 g/mol. The highest BCUT2D eigenvalue weighted by molar-refractivity contribution is 7.89. The molecule has 1 aliphatic rings. The van der Waals surface area contributed by atoms with Crippen LogP contribution in [0.5, 0.6) is 11.5 Å². The Morgan fingerprint density at radius 2 is 1.79 bits per heavy atom. The van der Waals surface area contributed by atoms with Gasteiger partial charge in [0.05, 0.1) is 12.0 Å². The molecule has 4 rings (SSSR count). The summed E-state index contributed by atoms with van der Waals surface area (Å²) in [6.45, 7) is 2.40. The second kappa shape index (κ2) is 10.2. The highest BCUT2D eigenvalue weighted by Crippen LogP contribution is 2.29. The van der Waals surface area contributed by atoms with E-state index in [1.165, 1.54) is 12.1 Å². The third kappa shape index (κ3) is 5.92. The number of nitrogens with zero attached hydrogens (tertiary/aromatic N) is 1. The predicted octanol–water partition coefficient (Wildman–Crippen LogP) is 3.35. The van der Waals surface area contributed by atoms with Gasteiger partial charge >= 0.3 is 0 Å². The van der Waals surface area contributed by atoms with Gasteiger partial charge in [-0.15, -0.1) is 0 Å². The molecule has 1 heterocycles. The minimum Gasteiger partial charge on any atom is -0.493 e. The molecule has 0 atom stereocenters. The van der Waals surface area contributed by atoms with E-state index in [-0.39, 0.29) is 23.4 Å². The van der Waals surface area contributed by atoms with Crippen LogP contribution in [0.4, 0.5) is 0 Å². The van der Waals surface area contributed by atoms with Gasteiger partial charge in [-0.2, -0.15) is 0 Å². The van der Waals surface area contributed by atoms with E-state index in [1.807, 2.05) is 18.2 Å². The number of rotatable bonds is 10. The monoisotopic (exact) mass is 481 g/mol. The average Bonchev–Trinajstić information content (AvgIpc) is 3.65. The fourth-order valence-corrected chi connectivity index (χ4v) is 4.69. The number of carbonyl (C=O) groups excluding carboxylic acids is 1. The summed E-state index contributed by atoms with van der Waals surface area (Å²) in [7, 11) is -2.08. The number of ether oxygens (including phenoxy) is 2. The molecule has 0 unspecified atom stereocenters. The van der Waals surface area contributed by atoms with Crippen LogP contribution in [0.15, 0.2) is 65.8 Å². The van der Waals surface area contributed by atoms with Crippen LogP contribution in [0.2, 0.25) is 0 Å². The van der Waals surface area contributed by atoms with E-state index in [1.54, 1.807) is 44.6 Å². The fraction of sp³-hybridized carbons (Fsp3) is 0.280. The maximum Gasteiger partial charge on any atom is 0.251 e. The van der Waals surface area contributed by atoms with Crippen LogP contribution in [0, 0.1) is 6.92 Å². The minimum absolute atomic E-state index is 0.00443. The zero-order valence-corrected chi connectivity index (χ0v) is 19.9. The number of benzene rings is 2. The Morgan fingerprint density at radius 3 is 2.50 bits per heavy atom. The fourth-order valence-electron chi connectivity index (χ4n) is 3.36. The van der Waals surface area contributed by atoms with Crippen LogP contribution < -0.4 is 19.5 Å². The number of hydrogen-bond acceptors (Lipinski definition) is 6. The van der Waals surface area contributed by atoms with Gasteiger partial charge in [0, 0.05) is 30.5 Å². The molecule has 8 nitrogen and oxygen atoms in total. The number of aromatic nitrogens is 1. The number of aryl methyl sites for hydroxylation is 1. The Balaban J connectivity index is 1.42. The van der Waals surface area contributed by atoms with Crippen molar-refractivity contribution in [1.29, 1.82) is 0 Å². The SMILES string of the molecule is COc1cc(CNC(=O)c2cc(S(=O)(=O)NC3CC3)ccc2C)ccc1OCc1ccncc1. The molecule has 0 saturated heterocycles. The van der Waals surface area contributed by atoms with Crippen LogP contribution >= 0.6 is 0 Å². The van der Waals surface area contributed by atoms with Gasteiger partial charge in [-0.25, -0.2) is 13.1 Å². The van der Waals surface area contributed by atoms with Gasteiger partial charge in [0.2, 0.25) is 10.0 Å². The first-order chi connectivity index (χ1) is 16.4. The second-order valence-corrected chi connectivity index (χ2v) is 9.90. The van der Waals surface area contributed by atoms with E-state index < -0.39 is 10.0 Å². The van der Waals surface area contributed by atoms with Gasteiger partial charge in [-0.1, -0.05) is 12.1 Å². The van der Waals surface area contributed by atoms with Gasteiger partial charge in [0.25, 0.3) is 5.91 Å². The van der Waals surface area contributed by atoms with E-state index in [4.69, 9.17) is 9.47 Å². The summed E-state index contributed by atoms with van der Waals surface area (Å²) < 4.78 is 39.0. The molecule has 3 aromatic rings. The first-order valence-corrected chi connectivity index (χ1v) is 12.4. The maximum atomic E-state index is 12.8. The molecule has 0 aliphatic heterocycles. The lowest BCUT2D eigenvalue weighted by molar-refractivity contribution is 0.0950. The number of carbonyl (C=O) groups is 1. The van der Waals surface area contributed by atoms with Gasteiger partial charge in [0.15, 0.2) is 11.5 Å². The zero-order chi connectivity index (χ0) is 24.1. The molecule has 0 bridgehead atoms. The Kier molecular flexibility index (Phi) is 7.14. The van der Waals surface area contributed by atoms with E-state index in [0.29, 0.717) is 29.2 Å². The molecular formula is C25H27N3O5S. The van der Waals surface area contributed by atoms with Crippen molar-refractivity contribution in [3.8, 4) is 11.5 Å². The molecule has 2 aromatic carbocycles. The largest absolute Gasteiger partial charge is 0.493 e. The van der Waals surface area contributed by atoms with Crippen LogP contribution in [0.25, 0.3) is 0 Å². The number of amides is 1. The first kappa shape index (κ1) is 23.7. The zero-order valence-electron chi connectivity index (χ0n) is 19.1. The van der Waals surface area contributed by atoms with Gasteiger partial charge < -0.3 is 14.8 Å². The van der Waals surface area contributed by atoms with E-state index in [9.17, 15) is 13.2 Å². The van der Waals surface area contributed by atoms with Crippen molar-refractivity contribution in [3.63, 3.8) is 0 Å². The molecule has 1 amide bonds. The lowest BCUT2D eigenvalue weighted by atomic mass is 10.1. The van der Waals surface area contributed by atoms with Gasteiger partial charge in [-0.05, 0) is 72.9 Å². The van der Waals surface area contributed by atoms with Crippen molar-refractivity contribution in [1.82, 2.24) is 15.0 Å². The number of pyridine rings is 1. The molecule has 0 radical (unpaired) electrons. The molecule has 1 aliphatic carbocycles. The summed E-state index contributed by atoms with van der Waals surface area (Å²) >= 11 is 0. The van der Waals surface area contributed by atoms with Gasteiger partial charge in [-0.3, -0.25) is 9.78 Å². The van der Waals surface area contributed by atoms with E-state index in [2.05, 4.69) is 15.0 Å². The summed E-state index contributed by atoms with van der Waals surface area (Å²) in [5, 5.41) is 2.86. The molecule has 0 spiro atoms. The molecular weight excluding hydrogens is 454 g/mol. The number of nitrogens with one attached hydrogen (secondary N) is 2. The number of methoxy groups -OCH3 is 1. The normalized spacial score (nSPS) is 13.4. The van der Waals surface area contributed by atoms with Gasteiger partial charge in [0.1, 0.15) is 6.61 Å². The molecule has 34 heavy (non-hydrogen) atoms. The lowest BCUT2D eigenvalue weighted by Gasteiger charge is -2.14. The smallest absolute Gasteiger partial charge is 0.251 e. The quantitative estimate of drug-likeness (QED) is 0.460. The Morgan fingerprint density at radius 1 is 1.03 bits per heavy atom. The third-order valence-electron chi connectivity index (χ3n) is 5.49. The van der Waals surface area contributed by atoms with Crippen molar-refractivity contribution in [2.24, 2.45) is 0 Å².